The Labute approximate surface area is 129 Å². The number of para-hydroxylation sites is 1. The van der Waals surface area contributed by atoms with Gasteiger partial charge in [-0.25, -0.2) is 9.37 Å². The van der Waals surface area contributed by atoms with Crippen molar-refractivity contribution in [1.82, 2.24) is 4.98 Å². The number of rotatable bonds is 2. The van der Waals surface area contributed by atoms with Crippen LogP contribution in [0, 0.1) is 24.1 Å². The van der Waals surface area contributed by atoms with Crippen LogP contribution < -0.4 is 5.32 Å². The van der Waals surface area contributed by atoms with E-state index in [1.54, 1.807) is 6.07 Å². The molecule has 1 aliphatic carbocycles. The maximum absolute atomic E-state index is 14.0. The van der Waals surface area contributed by atoms with Gasteiger partial charge in [0.15, 0.2) is 0 Å². The van der Waals surface area contributed by atoms with Crippen molar-refractivity contribution in [3.63, 3.8) is 0 Å². The monoisotopic (exact) mass is 300 g/mol. The maximum atomic E-state index is 14.0. The highest BCUT2D eigenvalue weighted by Gasteiger charge is 2.59. The van der Waals surface area contributed by atoms with Gasteiger partial charge < -0.3 is 10.1 Å². The third-order valence-electron chi connectivity index (χ3n) is 5.33. The molecule has 2 fully saturated rings. The molecule has 0 spiro atoms. The zero-order valence-electron chi connectivity index (χ0n) is 13.2. The highest BCUT2D eigenvalue weighted by Crippen LogP contribution is 2.53. The summed E-state index contributed by atoms with van der Waals surface area (Å²) in [4.78, 5) is 4.35. The molecule has 0 amide bonds. The fraction of sp³-hybridized carbons (Fsp3) is 0.500. The van der Waals surface area contributed by atoms with E-state index in [-0.39, 0.29) is 11.2 Å². The van der Waals surface area contributed by atoms with Gasteiger partial charge >= 0.3 is 0 Å². The summed E-state index contributed by atoms with van der Waals surface area (Å²) in [5, 5.41) is 4.52. The van der Waals surface area contributed by atoms with Crippen LogP contribution >= 0.6 is 0 Å². The number of benzene rings is 1. The number of anilines is 1. The molecule has 116 valence electrons. The Hall–Kier alpha value is -1.68. The SMILES string of the molecule is Cc1cc(NC2C3CCOC3C2(C)C)c2cccc(F)c2n1. The Kier molecular flexibility index (Phi) is 2.95. The molecule has 1 aromatic carbocycles. The number of halogens is 1. The van der Waals surface area contributed by atoms with E-state index in [0.717, 1.165) is 29.8 Å². The van der Waals surface area contributed by atoms with Crippen molar-refractivity contribution in [2.24, 2.45) is 11.3 Å². The van der Waals surface area contributed by atoms with Crippen molar-refractivity contribution < 1.29 is 9.13 Å². The molecule has 22 heavy (non-hydrogen) atoms. The highest BCUT2D eigenvalue weighted by molar-refractivity contribution is 5.92. The summed E-state index contributed by atoms with van der Waals surface area (Å²) in [6.07, 6.45) is 1.44. The molecule has 3 unspecified atom stereocenters. The van der Waals surface area contributed by atoms with Gasteiger partial charge in [0.25, 0.3) is 0 Å². The lowest BCUT2D eigenvalue weighted by Crippen LogP contribution is -2.63. The number of ether oxygens (including phenoxy) is 1. The van der Waals surface area contributed by atoms with E-state index in [0.29, 0.717) is 23.6 Å². The minimum absolute atomic E-state index is 0.0952. The predicted molar refractivity (Wildman–Crippen MR) is 85.5 cm³/mol. The van der Waals surface area contributed by atoms with E-state index in [9.17, 15) is 4.39 Å². The van der Waals surface area contributed by atoms with Crippen molar-refractivity contribution in [2.75, 3.05) is 11.9 Å². The standard InChI is InChI=1S/C18H21FN2O/c1-10-9-14(11-5-4-6-13(19)15(11)20-10)21-16-12-7-8-22-17(12)18(16,2)3/h4-6,9,12,16-17H,7-8H2,1-3H3,(H,20,21). The van der Waals surface area contributed by atoms with Crippen molar-refractivity contribution in [3.8, 4) is 0 Å². The van der Waals surface area contributed by atoms with Crippen molar-refractivity contribution in [3.05, 3.63) is 35.8 Å². The van der Waals surface area contributed by atoms with Crippen LogP contribution in [0.3, 0.4) is 0 Å². The molecule has 1 aromatic heterocycles. The fourth-order valence-electron chi connectivity index (χ4n) is 4.25. The number of nitrogens with one attached hydrogen (secondary N) is 1. The number of hydrogen-bond acceptors (Lipinski definition) is 3. The fourth-order valence-corrected chi connectivity index (χ4v) is 4.25. The predicted octanol–water partition coefficient (Wildman–Crippen LogP) is 3.91. The quantitative estimate of drug-likeness (QED) is 0.913. The molecule has 1 saturated carbocycles. The normalized spacial score (nSPS) is 29.2. The second kappa shape index (κ2) is 4.66. The first kappa shape index (κ1) is 13.9. The van der Waals surface area contributed by atoms with Crippen LogP contribution in [0.15, 0.2) is 24.3 Å². The van der Waals surface area contributed by atoms with Crippen LogP contribution in [0.1, 0.15) is 26.0 Å². The summed E-state index contributed by atoms with van der Waals surface area (Å²) in [6, 6.07) is 7.51. The topological polar surface area (TPSA) is 34.1 Å². The van der Waals surface area contributed by atoms with Gasteiger partial charge in [-0.2, -0.15) is 0 Å². The molecular weight excluding hydrogens is 279 g/mol. The van der Waals surface area contributed by atoms with Gasteiger partial charge in [0.1, 0.15) is 11.3 Å². The van der Waals surface area contributed by atoms with Gasteiger partial charge in [0.05, 0.1) is 6.10 Å². The number of aromatic nitrogens is 1. The molecule has 0 bridgehead atoms. The molecule has 1 N–H and O–H groups in total. The molecule has 4 rings (SSSR count). The van der Waals surface area contributed by atoms with Crippen LogP contribution in [0.25, 0.3) is 10.9 Å². The van der Waals surface area contributed by atoms with Crippen molar-refractivity contribution >= 4 is 16.6 Å². The number of hydrogen-bond donors (Lipinski definition) is 1. The molecule has 1 aliphatic heterocycles. The zero-order chi connectivity index (χ0) is 15.5. The van der Waals surface area contributed by atoms with Gasteiger partial charge in [-0.15, -0.1) is 0 Å². The lowest BCUT2D eigenvalue weighted by atomic mass is 9.57. The Morgan fingerprint density at radius 2 is 2.18 bits per heavy atom. The first-order chi connectivity index (χ1) is 10.5. The van der Waals surface area contributed by atoms with Gasteiger partial charge in [-0.1, -0.05) is 26.0 Å². The van der Waals surface area contributed by atoms with E-state index in [1.165, 1.54) is 6.07 Å². The Bertz CT molecular complexity index is 743. The third-order valence-corrected chi connectivity index (χ3v) is 5.33. The molecule has 4 heteroatoms. The summed E-state index contributed by atoms with van der Waals surface area (Å²) in [5.74, 6) is 0.284. The first-order valence-corrected chi connectivity index (χ1v) is 7.92. The molecule has 2 heterocycles. The van der Waals surface area contributed by atoms with Gasteiger partial charge in [0, 0.05) is 40.7 Å². The van der Waals surface area contributed by atoms with Crippen molar-refractivity contribution in [2.45, 2.75) is 39.3 Å². The number of pyridine rings is 1. The minimum atomic E-state index is -0.265. The number of fused-ring (bicyclic) bond motifs is 2. The molecule has 0 radical (unpaired) electrons. The summed E-state index contributed by atoms with van der Waals surface area (Å²) >= 11 is 0. The second-order valence-electron chi connectivity index (χ2n) is 7.13. The van der Waals surface area contributed by atoms with Crippen LogP contribution in [0.4, 0.5) is 10.1 Å². The first-order valence-electron chi connectivity index (χ1n) is 7.92. The van der Waals surface area contributed by atoms with E-state index in [2.05, 4.69) is 24.1 Å². The van der Waals surface area contributed by atoms with E-state index < -0.39 is 0 Å². The highest BCUT2D eigenvalue weighted by atomic mass is 19.1. The average Bonchev–Trinajstić information content (AvgIpc) is 2.92. The summed E-state index contributed by atoms with van der Waals surface area (Å²) in [7, 11) is 0. The van der Waals surface area contributed by atoms with Gasteiger partial charge in [-0.3, -0.25) is 0 Å². The molecule has 2 aliphatic rings. The van der Waals surface area contributed by atoms with Crippen LogP contribution in [0.5, 0.6) is 0 Å². The Morgan fingerprint density at radius 3 is 3.00 bits per heavy atom. The van der Waals surface area contributed by atoms with Crippen LogP contribution in [-0.4, -0.2) is 23.7 Å². The minimum Gasteiger partial charge on any atom is -0.381 e. The summed E-state index contributed by atoms with van der Waals surface area (Å²) in [6.45, 7) is 7.24. The van der Waals surface area contributed by atoms with Gasteiger partial charge in [0.2, 0.25) is 0 Å². The second-order valence-corrected chi connectivity index (χ2v) is 7.13. The van der Waals surface area contributed by atoms with E-state index >= 15 is 0 Å². The maximum Gasteiger partial charge on any atom is 0.149 e. The lowest BCUT2D eigenvalue weighted by molar-refractivity contribution is -0.0922. The van der Waals surface area contributed by atoms with Crippen molar-refractivity contribution in [1.29, 1.82) is 0 Å². The molecular formula is C18H21FN2O. The molecule has 3 atom stereocenters. The molecule has 2 aromatic rings. The van der Waals surface area contributed by atoms with Crippen LogP contribution in [0.2, 0.25) is 0 Å². The molecule has 3 nitrogen and oxygen atoms in total. The average molecular weight is 300 g/mol. The number of aryl methyl sites for hydroxylation is 1. The van der Waals surface area contributed by atoms with Gasteiger partial charge in [-0.05, 0) is 25.5 Å². The Morgan fingerprint density at radius 1 is 1.36 bits per heavy atom. The lowest BCUT2D eigenvalue weighted by Gasteiger charge is -2.55. The number of nitrogens with zero attached hydrogens (tertiary/aromatic N) is 1. The zero-order valence-corrected chi connectivity index (χ0v) is 13.2. The largest absolute Gasteiger partial charge is 0.381 e. The summed E-state index contributed by atoms with van der Waals surface area (Å²) in [5.41, 5.74) is 2.35. The van der Waals surface area contributed by atoms with E-state index in [1.807, 2.05) is 19.1 Å². The van der Waals surface area contributed by atoms with E-state index in [4.69, 9.17) is 4.74 Å². The smallest absolute Gasteiger partial charge is 0.149 e. The molecule has 1 saturated heterocycles. The third kappa shape index (κ3) is 1.86. The summed E-state index contributed by atoms with van der Waals surface area (Å²) < 4.78 is 19.9. The Balaban J connectivity index is 1.74. The van der Waals surface area contributed by atoms with Crippen LogP contribution in [-0.2, 0) is 4.74 Å².